The molecule has 1 atom stereocenters. The molecule has 1 N–H and O–H groups in total. The Morgan fingerprint density at radius 1 is 1.06 bits per heavy atom. The van der Waals surface area contributed by atoms with Gasteiger partial charge in [-0.3, -0.25) is 9.59 Å². The molecule has 3 aromatic rings. The predicted octanol–water partition coefficient (Wildman–Crippen LogP) is 3.25. The van der Waals surface area contributed by atoms with E-state index in [0.29, 0.717) is 0 Å². The topological polar surface area (TPSA) is 113 Å². The van der Waals surface area contributed by atoms with Gasteiger partial charge in [0.05, 0.1) is 24.4 Å². The predicted molar refractivity (Wildman–Crippen MR) is 120 cm³/mol. The molecule has 1 heterocycles. The normalized spacial score (nSPS) is 11.2. The first-order chi connectivity index (χ1) is 16.5. The molecule has 2 amide bonds. The van der Waals surface area contributed by atoms with E-state index in [0.717, 1.165) is 10.5 Å². The molecule has 3 rings (SSSR count). The summed E-state index contributed by atoms with van der Waals surface area (Å²) < 4.78 is 24.5. The standard InChI is InChI=1S/C25H22FN3O5/c26-19-10-4-5-11-21(19)29(14-7-13-27)23(30)17-34-25(32)20(16-18-8-2-1-3-9-18)28-24(31)22-12-6-15-33-22/h1-6,8-12,15,20H,7,14,16-17H2,(H,28,31). The number of benzene rings is 2. The molecule has 0 aliphatic heterocycles. The summed E-state index contributed by atoms with van der Waals surface area (Å²) in [7, 11) is 0. The van der Waals surface area contributed by atoms with Crippen LogP contribution in [0.15, 0.2) is 77.4 Å². The summed E-state index contributed by atoms with van der Waals surface area (Å²) in [5.41, 5.74) is 0.739. The molecular weight excluding hydrogens is 441 g/mol. The van der Waals surface area contributed by atoms with Gasteiger partial charge >= 0.3 is 5.97 Å². The maximum absolute atomic E-state index is 14.2. The Balaban J connectivity index is 1.71. The molecular formula is C25H22FN3O5. The molecule has 0 radical (unpaired) electrons. The van der Waals surface area contributed by atoms with Crippen LogP contribution in [0.25, 0.3) is 0 Å². The molecule has 8 nitrogen and oxygen atoms in total. The Kier molecular flexibility index (Phi) is 8.52. The van der Waals surface area contributed by atoms with Crippen molar-refractivity contribution in [3.05, 3.63) is 90.1 Å². The molecule has 0 spiro atoms. The molecule has 1 unspecified atom stereocenters. The van der Waals surface area contributed by atoms with Crippen molar-refractivity contribution < 1.29 is 27.9 Å². The van der Waals surface area contributed by atoms with Gasteiger partial charge < -0.3 is 19.4 Å². The number of halogens is 1. The monoisotopic (exact) mass is 463 g/mol. The van der Waals surface area contributed by atoms with Crippen molar-refractivity contribution in [1.82, 2.24) is 5.32 Å². The van der Waals surface area contributed by atoms with Gasteiger partial charge in [-0.25, -0.2) is 9.18 Å². The van der Waals surface area contributed by atoms with Crippen molar-refractivity contribution in [1.29, 1.82) is 5.26 Å². The first-order valence-electron chi connectivity index (χ1n) is 10.5. The number of furan rings is 1. The number of carbonyl (C=O) groups is 3. The molecule has 0 aliphatic rings. The van der Waals surface area contributed by atoms with Gasteiger partial charge in [-0.1, -0.05) is 42.5 Å². The molecule has 2 aromatic carbocycles. The smallest absolute Gasteiger partial charge is 0.329 e. The Morgan fingerprint density at radius 2 is 1.79 bits per heavy atom. The first kappa shape index (κ1) is 24.2. The van der Waals surface area contributed by atoms with Gasteiger partial charge in [-0.2, -0.15) is 5.26 Å². The molecule has 174 valence electrons. The highest BCUT2D eigenvalue weighted by molar-refractivity contribution is 5.97. The third-order valence-corrected chi connectivity index (χ3v) is 4.85. The van der Waals surface area contributed by atoms with Gasteiger partial charge in [0.15, 0.2) is 12.4 Å². The van der Waals surface area contributed by atoms with Crippen LogP contribution in [0.5, 0.6) is 0 Å². The summed E-state index contributed by atoms with van der Waals surface area (Å²) >= 11 is 0. The summed E-state index contributed by atoms with van der Waals surface area (Å²) in [5, 5.41) is 11.5. The summed E-state index contributed by atoms with van der Waals surface area (Å²) in [5.74, 6) is -2.79. The van der Waals surface area contributed by atoms with Gasteiger partial charge in [0.1, 0.15) is 11.9 Å². The molecule has 0 aliphatic carbocycles. The van der Waals surface area contributed by atoms with Crippen molar-refractivity contribution in [3.8, 4) is 6.07 Å². The van der Waals surface area contributed by atoms with Crippen molar-refractivity contribution >= 4 is 23.5 Å². The van der Waals surface area contributed by atoms with E-state index in [1.165, 1.54) is 36.6 Å². The Morgan fingerprint density at radius 3 is 2.47 bits per heavy atom. The molecule has 1 aromatic heterocycles. The van der Waals surface area contributed by atoms with Gasteiger partial charge in [0.2, 0.25) is 0 Å². The second-order valence-electron chi connectivity index (χ2n) is 7.21. The fourth-order valence-corrected chi connectivity index (χ4v) is 3.20. The van der Waals surface area contributed by atoms with Crippen LogP contribution < -0.4 is 10.2 Å². The second-order valence-corrected chi connectivity index (χ2v) is 7.21. The molecule has 0 saturated carbocycles. The molecule has 34 heavy (non-hydrogen) atoms. The highest BCUT2D eigenvalue weighted by Crippen LogP contribution is 2.19. The van der Waals surface area contributed by atoms with Crippen LogP contribution in [0.2, 0.25) is 0 Å². The number of para-hydroxylation sites is 1. The van der Waals surface area contributed by atoms with E-state index in [4.69, 9.17) is 14.4 Å². The van der Waals surface area contributed by atoms with Crippen LogP contribution in [-0.2, 0) is 20.7 Å². The maximum atomic E-state index is 14.2. The van der Waals surface area contributed by atoms with E-state index >= 15 is 0 Å². The lowest BCUT2D eigenvalue weighted by Gasteiger charge is -2.23. The second kappa shape index (κ2) is 12.0. The zero-order valence-electron chi connectivity index (χ0n) is 18.1. The van der Waals surface area contributed by atoms with Crippen molar-refractivity contribution in [2.75, 3.05) is 18.1 Å². The molecule has 9 heteroatoms. The lowest BCUT2D eigenvalue weighted by Crippen LogP contribution is -2.45. The van der Waals surface area contributed by atoms with Crippen molar-refractivity contribution in [3.63, 3.8) is 0 Å². The number of amides is 2. The molecule has 0 fully saturated rings. The number of hydrogen-bond donors (Lipinski definition) is 1. The third-order valence-electron chi connectivity index (χ3n) is 4.85. The van der Waals surface area contributed by atoms with Gasteiger partial charge in [0, 0.05) is 13.0 Å². The summed E-state index contributed by atoms with van der Waals surface area (Å²) in [6.07, 6.45) is 1.41. The quantitative estimate of drug-likeness (QED) is 0.462. The minimum Gasteiger partial charge on any atom is -0.459 e. The average Bonchev–Trinajstić information content (AvgIpc) is 3.39. The first-order valence-corrected chi connectivity index (χ1v) is 10.5. The fraction of sp³-hybridized carbons (Fsp3) is 0.200. The van der Waals surface area contributed by atoms with Gasteiger partial charge in [0.25, 0.3) is 11.8 Å². The van der Waals surface area contributed by atoms with Crippen LogP contribution in [0.1, 0.15) is 22.5 Å². The van der Waals surface area contributed by atoms with Crippen LogP contribution in [-0.4, -0.2) is 37.0 Å². The van der Waals surface area contributed by atoms with Crippen molar-refractivity contribution in [2.45, 2.75) is 18.9 Å². The zero-order valence-corrected chi connectivity index (χ0v) is 18.1. The fourth-order valence-electron chi connectivity index (χ4n) is 3.20. The van der Waals surface area contributed by atoms with E-state index in [1.807, 2.05) is 12.1 Å². The van der Waals surface area contributed by atoms with Gasteiger partial charge in [-0.05, 0) is 29.8 Å². The number of nitrogens with one attached hydrogen (secondary N) is 1. The zero-order chi connectivity index (χ0) is 24.3. The molecule has 0 saturated heterocycles. The highest BCUT2D eigenvalue weighted by Gasteiger charge is 2.27. The Bertz CT molecular complexity index is 1160. The average molecular weight is 463 g/mol. The van der Waals surface area contributed by atoms with Crippen LogP contribution in [0, 0.1) is 17.1 Å². The number of rotatable bonds is 10. The number of esters is 1. The summed E-state index contributed by atoms with van der Waals surface area (Å²) in [4.78, 5) is 39.1. The van der Waals surface area contributed by atoms with E-state index in [2.05, 4.69) is 5.32 Å². The minimum absolute atomic E-state index is 0.0177. The number of anilines is 1. The largest absolute Gasteiger partial charge is 0.459 e. The van der Waals surface area contributed by atoms with E-state index in [9.17, 15) is 18.8 Å². The van der Waals surface area contributed by atoms with E-state index in [1.54, 1.807) is 30.3 Å². The third kappa shape index (κ3) is 6.53. The minimum atomic E-state index is -1.10. The Hall–Kier alpha value is -4.45. The Labute approximate surface area is 195 Å². The van der Waals surface area contributed by atoms with E-state index in [-0.39, 0.29) is 30.8 Å². The van der Waals surface area contributed by atoms with E-state index < -0.39 is 36.2 Å². The highest BCUT2D eigenvalue weighted by atomic mass is 19.1. The number of hydrogen-bond acceptors (Lipinski definition) is 6. The number of nitriles is 1. The SMILES string of the molecule is N#CCCN(C(=O)COC(=O)C(Cc1ccccc1)NC(=O)c1ccco1)c1ccccc1F. The maximum Gasteiger partial charge on any atom is 0.329 e. The molecule has 0 bridgehead atoms. The summed E-state index contributed by atoms with van der Waals surface area (Å²) in [6, 6.07) is 18.4. The number of nitrogens with zero attached hydrogens (tertiary/aromatic N) is 2. The summed E-state index contributed by atoms with van der Waals surface area (Å²) in [6.45, 7) is -0.767. The lowest BCUT2D eigenvalue weighted by molar-refractivity contribution is -0.149. The van der Waals surface area contributed by atoms with Crippen LogP contribution in [0.3, 0.4) is 0 Å². The van der Waals surface area contributed by atoms with Crippen LogP contribution in [0.4, 0.5) is 10.1 Å². The van der Waals surface area contributed by atoms with Crippen LogP contribution >= 0.6 is 0 Å². The van der Waals surface area contributed by atoms with Crippen molar-refractivity contribution in [2.24, 2.45) is 0 Å². The van der Waals surface area contributed by atoms with Gasteiger partial charge in [-0.15, -0.1) is 0 Å². The number of ether oxygens (including phenoxy) is 1. The lowest BCUT2D eigenvalue weighted by atomic mass is 10.1. The number of carbonyl (C=O) groups excluding carboxylic acids is 3.